The lowest BCUT2D eigenvalue weighted by Gasteiger charge is -2.30. The number of aryl methyl sites for hydroxylation is 2. The number of nitrogens with zero attached hydrogens (tertiary/aromatic N) is 2. The number of hydrogen-bond acceptors (Lipinski definition) is 5. The number of esters is 1. The van der Waals surface area contributed by atoms with Gasteiger partial charge in [0.1, 0.15) is 0 Å². The van der Waals surface area contributed by atoms with Gasteiger partial charge in [0.15, 0.2) is 6.61 Å². The maximum absolute atomic E-state index is 12.8. The monoisotopic (exact) mass is 464 g/mol. The molecule has 7 heteroatoms. The van der Waals surface area contributed by atoms with Gasteiger partial charge in [0.2, 0.25) is 5.78 Å². The third-order valence-electron chi connectivity index (χ3n) is 6.22. The van der Waals surface area contributed by atoms with Crippen molar-refractivity contribution in [3.63, 3.8) is 0 Å². The van der Waals surface area contributed by atoms with Gasteiger partial charge in [-0.15, -0.1) is 11.3 Å². The molecule has 0 radical (unpaired) electrons. The molecular weight excluding hydrogens is 436 g/mol. The summed E-state index contributed by atoms with van der Waals surface area (Å²) in [5.41, 5.74) is 4.52. The first-order valence-electron chi connectivity index (χ1n) is 11.1. The molecule has 0 spiro atoms. The van der Waals surface area contributed by atoms with E-state index in [4.69, 9.17) is 4.74 Å². The Morgan fingerprint density at radius 1 is 1.03 bits per heavy atom. The Labute approximate surface area is 197 Å². The van der Waals surface area contributed by atoms with Gasteiger partial charge >= 0.3 is 5.97 Å². The summed E-state index contributed by atoms with van der Waals surface area (Å²) in [5.74, 6) is -0.847. The van der Waals surface area contributed by atoms with Gasteiger partial charge < -0.3 is 14.2 Å². The summed E-state index contributed by atoms with van der Waals surface area (Å²) in [6.07, 6.45) is 1.10. The zero-order chi connectivity index (χ0) is 23.5. The van der Waals surface area contributed by atoms with Crippen LogP contribution in [0.15, 0.2) is 47.8 Å². The molecular formula is C26H28N2O4S. The standard InChI is InChI=1S/C26H28N2O4S/c1-17-6-8-21(9-7-17)28-18(2)15-22(19(28)3)23(29)16-32-26(31)20-10-12-27(13-11-20)25(30)24-5-4-14-33-24/h4-9,14-15,20H,10-13,16H2,1-3H3. The molecule has 33 heavy (non-hydrogen) atoms. The average molecular weight is 465 g/mol. The molecule has 0 aliphatic carbocycles. The number of hydrogen-bond donors (Lipinski definition) is 0. The Hall–Kier alpha value is -3.19. The molecule has 0 bridgehead atoms. The fourth-order valence-electron chi connectivity index (χ4n) is 4.34. The minimum Gasteiger partial charge on any atom is -0.457 e. The normalized spacial score (nSPS) is 14.3. The molecule has 172 valence electrons. The van der Waals surface area contributed by atoms with Crippen LogP contribution in [0.3, 0.4) is 0 Å². The summed E-state index contributed by atoms with van der Waals surface area (Å²) in [6, 6.07) is 13.7. The molecule has 0 unspecified atom stereocenters. The van der Waals surface area contributed by atoms with E-state index < -0.39 is 0 Å². The second kappa shape index (κ2) is 9.75. The molecule has 3 heterocycles. The first-order chi connectivity index (χ1) is 15.8. The fraction of sp³-hybridized carbons (Fsp3) is 0.346. The molecule has 4 rings (SSSR count). The number of ether oxygens (including phenoxy) is 1. The van der Waals surface area contributed by atoms with Gasteiger partial charge in [-0.1, -0.05) is 23.8 Å². The molecule has 6 nitrogen and oxygen atoms in total. The van der Waals surface area contributed by atoms with Crippen molar-refractivity contribution in [1.29, 1.82) is 0 Å². The molecule has 1 aliphatic rings. The van der Waals surface area contributed by atoms with E-state index in [1.165, 1.54) is 16.9 Å². The largest absolute Gasteiger partial charge is 0.457 e. The topological polar surface area (TPSA) is 68.6 Å². The lowest BCUT2D eigenvalue weighted by Crippen LogP contribution is -2.40. The quantitative estimate of drug-likeness (QED) is 0.390. The number of rotatable bonds is 6. The Bertz CT molecular complexity index is 1150. The Kier molecular flexibility index (Phi) is 6.79. The van der Waals surface area contributed by atoms with E-state index in [-0.39, 0.29) is 30.2 Å². The highest BCUT2D eigenvalue weighted by molar-refractivity contribution is 7.12. The van der Waals surface area contributed by atoms with Gasteiger partial charge in [-0.05, 0) is 63.3 Å². The van der Waals surface area contributed by atoms with E-state index in [0.29, 0.717) is 36.4 Å². The van der Waals surface area contributed by atoms with Crippen LogP contribution in [-0.2, 0) is 9.53 Å². The van der Waals surface area contributed by atoms with E-state index >= 15 is 0 Å². The van der Waals surface area contributed by atoms with E-state index in [9.17, 15) is 14.4 Å². The van der Waals surface area contributed by atoms with Crippen LogP contribution in [0.1, 0.15) is 49.8 Å². The average Bonchev–Trinajstić information content (AvgIpc) is 3.46. The zero-order valence-corrected chi connectivity index (χ0v) is 20.0. The summed E-state index contributed by atoms with van der Waals surface area (Å²) in [5, 5.41) is 1.88. The van der Waals surface area contributed by atoms with Crippen LogP contribution in [0.2, 0.25) is 0 Å². The van der Waals surface area contributed by atoms with Gasteiger partial charge in [-0.3, -0.25) is 14.4 Å². The van der Waals surface area contributed by atoms with Crippen LogP contribution in [0, 0.1) is 26.7 Å². The van der Waals surface area contributed by atoms with E-state index in [1.54, 1.807) is 4.90 Å². The van der Waals surface area contributed by atoms with Crippen molar-refractivity contribution < 1.29 is 19.1 Å². The van der Waals surface area contributed by atoms with Crippen molar-refractivity contribution in [3.8, 4) is 5.69 Å². The fourth-order valence-corrected chi connectivity index (χ4v) is 5.03. The maximum Gasteiger partial charge on any atom is 0.309 e. The minimum absolute atomic E-state index is 0.0101. The Morgan fingerprint density at radius 2 is 1.73 bits per heavy atom. The zero-order valence-electron chi connectivity index (χ0n) is 19.2. The number of benzene rings is 1. The first kappa shape index (κ1) is 23.0. The maximum atomic E-state index is 12.8. The smallest absolute Gasteiger partial charge is 0.309 e. The summed E-state index contributed by atoms with van der Waals surface area (Å²) < 4.78 is 7.43. The second-order valence-electron chi connectivity index (χ2n) is 8.53. The van der Waals surface area contributed by atoms with Crippen LogP contribution in [0.5, 0.6) is 0 Å². The molecule has 1 aromatic carbocycles. The summed E-state index contributed by atoms with van der Waals surface area (Å²) in [6.45, 7) is 6.66. The summed E-state index contributed by atoms with van der Waals surface area (Å²) >= 11 is 1.42. The number of thiophene rings is 1. The van der Waals surface area contributed by atoms with Crippen molar-refractivity contribution in [3.05, 3.63) is 75.2 Å². The van der Waals surface area contributed by atoms with Gasteiger partial charge in [-0.2, -0.15) is 0 Å². The number of carbonyl (C=O) groups is 3. The third kappa shape index (κ3) is 4.93. The predicted molar refractivity (Wildman–Crippen MR) is 128 cm³/mol. The first-order valence-corrected chi connectivity index (χ1v) is 12.0. The predicted octanol–water partition coefficient (Wildman–Crippen LogP) is 4.74. The number of aromatic nitrogens is 1. The minimum atomic E-state index is -0.362. The number of carbonyl (C=O) groups excluding carboxylic acids is 3. The molecule has 3 aromatic rings. The van der Waals surface area contributed by atoms with Gasteiger partial charge in [0, 0.05) is 35.7 Å². The molecule has 2 aromatic heterocycles. The van der Waals surface area contributed by atoms with Crippen molar-refractivity contribution in [2.45, 2.75) is 33.6 Å². The van der Waals surface area contributed by atoms with Crippen molar-refractivity contribution in [1.82, 2.24) is 9.47 Å². The Balaban J connectivity index is 1.33. The highest BCUT2D eigenvalue weighted by Gasteiger charge is 2.29. The SMILES string of the molecule is Cc1ccc(-n2c(C)cc(C(=O)COC(=O)C3CCN(C(=O)c4cccs4)CC3)c2C)cc1. The number of ketones is 1. The van der Waals surface area contributed by atoms with Crippen molar-refractivity contribution in [2.75, 3.05) is 19.7 Å². The third-order valence-corrected chi connectivity index (χ3v) is 7.07. The van der Waals surface area contributed by atoms with Crippen LogP contribution < -0.4 is 0 Å². The molecule has 1 fully saturated rings. The summed E-state index contributed by atoms with van der Waals surface area (Å²) in [4.78, 5) is 40.4. The lowest BCUT2D eigenvalue weighted by atomic mass is 9.97. The van der Waals surface area contributed by atoms with Crippen LogP contribution in [0.4, 0.5) is 0 Å². The van der Waals surface area contributed by atoms with Crippen LogP contribution >= 0.6 is 11.3 Å². The second-order valence-corrected chi connectivity index (χ2v) is 9.48. The molecule has 1 aliphatic heterocycles. The molecule has 0 saturated carbocycles. The van der Waals surface area contributed by atoms with Crippen LogP contribution in [-0.4, -0.2) is 46.8 Å². The van der Waals surface area contributed by atoms with E-state index in [2.05, 4.69) is 0 Å². The van der Waals surface area contributed by atoms with Crippen LogP contribution in [0.25, 0.3) is 5.69 Å². The molecule has 1 amide bonds. The number of likely N-dealkylation sites (tertiary alicyclic amines) is 1. The van der Waals surface area contributed by atoms with Gasteiger partial charge in [0.25, 0.3) is 5.91 Å². The van der Waals surface area contributed by atoms with E-state index in [1.807, 2.05) is 73.2 Å². The van der Waals surface area contributed by atoms with E-state index in [0.717, 1.165) is 17.1 Å². The summed E-state index contributed by atoms with van der Waals surface area (Å²) in [7, 11) is 0. The van der Waals surface area contributed by atoms with Crippen molar-refractivity contribution >= 4 is 29.0 Å². The van der Waals surface area contributed by atoms with Gasteiger partial charge in [0.05, 0.1) is 10.8 Å². The number of piperidine rings is 1. The van der Waals surface area contributed by atoms with Crippen molar-refractivity contribution in [2.24, 2.45) is 5.92 Å². The highest BCUT2D eigenvalue weighted by atomic mass is 32.1. The highest BCUT2D eigenvalue weighted by Crippen LogP contribution is 2.24. The number of Topliss-reactive ketones (excluding diaryl/α,β-unsaturated/α-hetero) is 1. The lowest BCUT2D eigenvalue weighted by molar-refractivity contribution is -0.148. The Morgan fingerprint density at radius 3 is 2.36 bits per heavy atom. The molecule has 0 N–H and O–H groups in total. The molecule has 0 atom stereocenters. The number of amides is 1. The molecule has 1 saturated heterocycles. The van der Waals surface area contributed by atoms with Gasteiger partial charge in [-0.25, -0.2) is 0 Å².